The SMILES string of the molecule is O=C1[C@@H](NCCc2ccc(OCc3cccc(F)c3)cc2)CCN1CO. The number of aliphatic hydroxyl groups excluding tert-OH is 1. The maximum Gasteiger partial charge on any atom is 0.241 e. The van der Waals surface area contributed by atoms with Crippen LogP contribution in [-0.4, -0.2) is 41.8 Å². The Morgan fingerprint density at radius 1 is 1.19 bits per heavy atom. The van der Waals surface area contributed by atoms with Gasteiger partial charge in [0.2, 0.25) is 5.91 Å². The number of benzene rings is 2. The highest BCUT2D eigenvalue weighted by Gasteiger charge is 2.30. The molecule has 1 fully saturated rings. The van der Waals surface area contributed by atoms with E-state index in [2.05, 4.69) is 5.32 Å². The zero-order valence-electron chi connectivity index (χ0n) is 14.5. The zero-order valence-corrected chi connectivity index (χ0v) is 14.5. The van der Waals surface area contributed by atoms with E-state index in [0.29, 0.717) is 19.7 Å². The molecule has 0 aromatic heterocycles. The van der Waals surface area contributed by atoms with Crippen LogP contribution in [0.25, 0.3) is 0 Å². The van der Waals surface area contributed by atoms with Crippen LogP contribution >= 0.6 is 0 Å². The second-order valence-electron chi connectivity index (χ2n) is 6.35. The summed E-state index contributed by atoms with van der Waals surface area (Å²) in [5.74, 6) is 0.431. The van der Waals surface area contributed by atoms with Crippen molar-refractivity contribution < 1.29 is 19.0 Å². The summed E-state index contributed by atoms with van der Waals surface area (Å²) >= 11 is 0. The van der Waals surface area contributed by atoms with E-state index in [1.54, 1.807) is 6.07 Å². The summed E-state index contributed by atoms with van der Waals surface area (Å²) in [6.45, 7) is 1.40. The van der Waals surface area contributed by atoms with E-state index >= 15 is 0 Å². The molecule has 0 saturated carbocycles. The highest BCUT2D eigenvalue weighted by Crippen LogP contribution is 2.15. The monoisotopic (exact) mass is 358 g/mol. The number of halogens is 1. The highest BCUT2D eigenvalue weighted by atomic mass is 19.1. The molecule has 0 spiro atoms. The van der Waals surface area contributed by atoms with Crippen LogP contribution in [0.3, 0.4) is 0 Å². The molecule has 2 aromatic carbocycles. The number of nitrogens with zero attached hydrogens (tertiary/aromatic N) is 1. The predicted octanol–water partition coefficient (Wildman–Crippen LogP) is 2.09. The van der Waals surface area contributed by atoms with E-state index in [-0.39, 0.29) is 24.5 Å². The molecule has 1 saturated heterocycles. The molecule has 1 aliphatic rings. The van der Waals surface area contributed by atoms with Gasteiger partial charge in [0.15, 0.2) is 0 Å². The Hall–Kier alpha value is -2.44. The van der Waals surface area contributed by atoms with Crippen molar-refractivity contribution in [2.24, 2.45) is 0 Å². The van der Waals surface area contributed by atoms with Gasteiger partial charge in [-0.15, -0.1) is 0 Å². The molecule has 0 radical (unpaired) electrons. The molecule has 1 heterocycles. The van der Waals surface area contributed by atoms with Gasteiger partial charge in [0, 0.05) is 6.54 Å². The van der Waals surface area contributed by atoms with E-state index in [1.807, 2.05) is 30.3 Å². The average Bonchev–Trinajstić information content (AvgIpc) is 3.01. The molecule has 5 nitrogen and oxygen atoms in total. The number of aliphatic hydroxyl groups is 1. The molecule has 0 aliphatic carbocycles. The number of hydrogen-bond acceptors (Lipinski definition) is 4. The van der Waals surface area contributed by atoms with Crippen molar-refractivity contribution in [3.05, 3.63) is 65.5 Å². The summed E-state index contributed by atoms with van der Waals surface area (Å²) in [6, 6.07) is 13.9. The van der Waals surface area contributed by atoms with Crippen molar-refractivity contribution in [2.45, 2.75) is 25.5 Å². The van der Waals surface area contributed by atoms with E-state index < -0.39 is 0 Å². The van der Waals surface area contributed by atoms with Gasteiger partial charge in [0.1, 0.15) is 24.9 Å². The number of nitrogens with one attached hydrogen (secondary N) is 1. The van der Waals surface area contributed by atoms with Crippen LogP contribution < -0.4 is 10.1 Å². The topological polar surface area (TPSA) is 61.8 Å². The van der Waals surface area contributed by atoms with Gasteiger partial charge in [-0.25, -0.2) is 4.39 Å². The third-order valence-corrected chi connectivity index (χ3v) is 4.49. The second-order valence-corrected chi connectivity index (χ2v) is 6.35. The molecule has 0 bridgehead atoms. The molecule has 1 amide bonds. The summed E-state index contributed by atoms with van der Waals surface area (Å²) in [5, 5.41) is 12.3. The van der Waals surface area contributed by atoms with Crippen LogP contribution in [0.5, 0.6) is 5.75 Å². The van der Waals surface area contributed by atoms with E-state index in [4.69, 9.17) is 9.84 Å². The first kappa shape index (κ1) is 18.4. The van der Waals surface area contributed by atoms with Crippen molar-refractivity contribution in [3.8, 4) is 5.75 Å². The Bertz CT molecular complexity index is 736. The van der Waals surface area contributed by atoms with Crippen molar-refractivity contribution >= 4 is 5.91 Å². The molecular weight excluding hydrogens is 335 g/mol. The number of carbonyl (C=O) groups excluding carboxylic acids is 1. The molecule has 6 heteroatoms. The fourth-order valence-corrected chi connectivity index (χ4v) is 3.01. The van der Waals surface area contributed by atoms with Gasteiger partial charge in [-0.1, -0.05) is 24.3 Å². The molecule has 0 unspecified atom stereocenters. The minimum atomic E-state index is -0.267. The Balaban J connectivity index is 1.42. The average molecular weight is 358 g/mol. The van der Waals surface area contributed by atoms with Crippen LogP contribution in [0, 0.1) is 5.82 Å². The highest BCUT2D eigenvalue weighted by molar-refractivity contribution is 5.83. The second kappa shape index (κ2) is 8.78. The van der Waals surface area contributed by atoms with Crippen molar-refractivity contribution in [3.63, 3.8) is 0 Å². The Kier molecular flexibility index (Phi) is 6.20. The van der Waals surface area contributed by atoms with E-state index in [1.165, 1.54) is 17.0 Å². The Morgan fingerprint density at radius 2 is 2.00 bits per heavy atom. The van der Waals surface area contributed by atoms with Crippen LogP contribution in [0.4, 0.5) is 4.39 Å². The van der Waals surface area contributed by atoms with Gasteiger partial charge in [-0.3, -0.25) is 4.79 Å². The molecular formula is C20H23FN2O3. The number of likely N-dealkylation sites (tertiary alicyclic amines) is 1. The fraction of sp³-hybridized carbons (Fsp3) is 0.350. The van der Waals surface area contributed by atoms with Gasteiger partial charge in [0.25, 0.3) is 0 Å². The minimum absolute atomic E-state index is 0.0337. The molecule has 2 aromatic rings. The summed E-state index contributed by atoms with van der Waals surface area (Å²) in [7, 11) is 0. The first-order chi connectivity index (χ1) is 12.7. The fourth-order valence-electron chi connectivity index (χ4n) is 3.01. The lowest BCUT2D eigenvalue weighted by molar-refractivity contribution is -0.132. The van der Waals surface area contributed by atoms with Gasteiger partial charge < -0.3 is 20.1 Å². The largest absolute Gasteiger partial charge is 0.489 e. The summed E-state index contributed by atoms with van der Waals surface area (Å²) < 4.78 is 18.8. The van der Waals surface area contributed by atoms with Crippen LogP contribution in [0.2, 0.25) is 0 Å². The van der Waals surface area contributed by atoms with Crippen LogP contribution in [0.1, 0.15) is 17.5 Å². The third kappa shape index (κ3) is 4.80. The lowest BCUT2D eigenvalue weighted by Gasteiger charge is -2.14. The predicted molar refractivity (Wildman–Crippen MR) is 96.1 cm³/mol. The Morgan fingerprint density at radius 3 is 2.69 bits per heavy atom. The van der Waals surface area contributed by atoms with Crippen LogP contribution in [-0.2, 0) is 17.8 Å². The van der Waals surface area contributed by atoms with Crippen molar-refractivity contribution in [2.75, 3.05) is 19.8 Å². The maximum absolute atomic E-state index is 13.1. The summed E-state index contributed by atoms with van der Waals surface area (Å²) in [5.41, 5.74) is 1.93. The third-order valence-electron chi connectivity index (χ3n) is 4.49. The molecule has 1 aliphatic heterocycles. The first-order valence-electron chi connectivity index (χ1n) is 8.75. The van der Waals surface area contributed by atoms with E-state index in [0.717, 1.165) is 29.7 Å². The lowest BCUT2D eigenvalue weighted by atomic mass is 10.1. The number of rotatable bonds is 8. The lowest BCUT2D eigenvalue weighted by Crippen LogP contribution is -2.39. The normalized spacial score (nSPS) is 16.9. The molecule has 2 N–H and O–H groups in total. The molecule has 138 valence electrons. The number of amides is 1. The standard InChI is InChI=1S/C20H23FN2O3/c21-17-3-1-2-16(12-17)13-26-18-6-4-15(5-7-18)8-10-22-19-9-11-23(14-24)20(19)25/h1-7,12,19,22,24H,8-11,13-14H2/t19-/m0/s1. The van der Waals surface area contributed by atoms with Gasteiger partial charge in [0.05, 0.1) is 6.04 Å². The number of hydrogen-bond donors (Lipinski definition) is 2. The molecule has 26 heavy (non-hydrogen) atoms. The van der Waals surface area contributed by atoms with Crippen molar-refractivity contribution in [1.29, 1.82) is 0 Å². The minimum Gasteiger partial charge on any atom is -0.489 e. The van der Waals surface area contributed by atoms with Gasteiger partial charge in [-0.2, -0.15) is 0 Å². The van der Waals surface area contributed by atoms with Gasteiger partial charge in [-0.05, 0) is 54.8 Å². The van der Waals surface area contributed by atoms with Crippen LogP contribution in [0.15, 0.2) is 48.5 Å². The maximum atomic E-state index is 13.1. The van der Waals surface area contributed by atoms with Gasteiger partial charge >= 0.3 is 0 Å². The molecule has 3 rings (SSSR count). The zero-order chi connectivity index (χ0) is 18.4. The quantitative estimate of drug-likeness (QED) is 0.759. The van der Waals surface area contributed by atoms with Crippen molar-refractivity contribution in [1.82, 2.24) is 10.2 Å². The summed E-state index contributed by atoms with van der Waals surface area (Å²) in [6.07, 6.45) is 1.53. The smallest absolute Gasteiger partial charge is 0.241 e. The van der Waals surface area contributed by atoms with E-state index in [9.17, 15) is 9.18 Å². The first-order valence-corrected chi connectivity index (χ1v) is 8.75. The molecule has 1 atom stereocenters. The summed E-state index contributed by atoms with van der Waals surface area (Å²) in [4.78, 5) is 13.3. The number of carbonyl (C=O) groups is 1. The number of ether oxygens (including phenoxy) is 1. The Labute approximate surface area is 152 Å².